The summed E-state index contributed by atoms with van der Waals surface area (Å²) in [7, 11) is -2.57. The van der Waals surface area contributed by atoms with Crippen molar-refractivity contribution in [2.45, 2.75) is 75.9 Å². The molecule has 5 atom stereocenters. The first kappa shape index (κ1) is 27.5. The number of nitrogens with one attached hydrogen (secondary N) is 1. The van der Waals surface area contributed by atoms with E-state index in [1.807, 2.05) is 55.6 Å². The summed E-state index contributed by atoms with van der Waals surface area (Å²) in [5.41, 5.74) is 2.49. The molecule has 200 valence electrons. The number of aliphatic hydroxyl groups excluding tert-OH is 1. The number of aryl methyl sites for hydroxylation is 1. The Morgan fingerprint density at radius 3 is 2.43 bits per heavy atom. The first-order valence-electron chi connectivity index (χ1n) is 13.4. The lowest BCUT2D eigenvalue weighted by atomic mass is 9.95. The van der Waals surface area contributed by atoms with E-state index < -0.39 is 8.32 Å². The van der Waals surface area contributed by atoms with Crippen molar-refractivity contribution in [3.8, 4) is 0 Å². The van der Waals surface area contributed by atoms with Crippen molar-refractivity contribution in [3.63, 3.8) is 0 Å². The Morgan fingerprint density at radius 1 is 1.08 bits per heavy atom. The molecular formula is C29H40N2O5Si. The van der Waals surface area contributed by atoms with Crippen molar-refractivity contribution in [1.82, 2.24) is 4.90 Å². The van der Waals surface area contributed by atoms with Gasteiger partial charge in [-0.15, -0.1) is 0 Å². The number of carbonyl (C=O) groups is 2. The van der Waals surface area contributed by atoms with E-state index in [1.165, 1.54) is 0 Å². The summed E-state index contributed by atoms with van der Waals surface area (Å²) >= 11 is 0. The average Bonchev–Trinajstić information content (AvgIpc) is 3.48. The maximum atomic E-state index is 13.1. The summed E-state index contributed by atoms with van der Waals surface area (Å²) in [4.78, 5) is 38.3. The second-order valence-electron chi connectivity index (χ2n) is 11.1. The molecule has 8 heteroatoms. The molecule has 2 aliphatic rings. The molecule has 2 saturated heterocycles. The van der Waals surface area contributed by atoms with E-state index in [1.54, 1.807) is 17.0 Å². The predicted octanol–water partition coefficient (Wildman–Crippen LogP) is 4.22. The third-order valence-electron chi connectivity index (χ3n) is 7.97. The monoisotopic (exact) mass is 524 g/mol. The Bertz CT molecular complexity index is 1060. The maximum Gasteiger partial charge on any atom is 0.255 e. The summed E-state index contributed by atoms with van der Waals surface area (Å²) < 4.78 is 6.47. The molecule has 37 heavy (non-hydrogen) atoms. The number of aliphatic hydroxyl groups is 1. The van der Waals surface area contributed by atoms with Gasteiger partial charge < -0.3 is 24.9 Å². The molecule has 2 amide bonds. The summed E-state index contributed by atoms with van der Waals surface area (Å²) in [6, 6.07) is 16.9. The number of hydrogen-bond acceptors (Lipinski definition) is 5. The SMILES string of the molecule is C[C@@H]1[C@@H]([Si](C)(C)O)[C@H](CC(=O)N2CCC[C@H]2CO)O[C@@H]1CCc1ccc(NC(=O)c2ccccc2)cc1. The number of ether oxygens (including phenoxy) is 1. The van der Waals surface area contributed by atoms with Crippen LogP contribution in [0.25, 0.3) is 0 Å². The van der Waals surface area contributed by atoms with Crippen LogP contribution >= 0.6 is 0 Å². The van der Waals surface area contributed by atoms with Crippen molar-refractivity contribution in [3.05, 3.63) is 65.7 Å². The summed E-state index contributed by atoms with van der Waals surface area (Å²) in [5.74, 6) is 0.0371. The highest BCUT2D eigenvalue weighted by Crippen LogP contribution is 2.45. The molecule has 0 unspecified atom stereocenters. The van der Waals surface area contributed by atoms with Crippen molar-refractivity contribution in [1.29, 1.82) is 0 Å². The van der Waals surface area contributed by atoms with Crippen LogP contribution in [0.1, 0.15) is 48.5 Å². The number of likely N-dealkylation sites (tertiary alicyclic amines) is 1. The first-order chi connectivity index (χ1) is 17.7. The van der Waals surface area contributed by atoms with Gasteiger partial charge in [0.25, 0.3) is 5.91 Å². The summed E-state index contributed by atoms with van der Waals surface area (Å²) in [6.45, 7) is 6.69. The number of benzene rings is 2. The quantitative estimate of drug-likeness (QED) is 0.427. The average molecular weight is 525 g/mol. The molecule has 0 saturated carbocycles. The molecule has 2 aromatic rings. The van der Waals surface area contributed by atoms with Crippen LogP contribution in [0.4, 0.5) is 5.69 Å². The molecule has 3 N–H and O–H groups in total. The Balaban J connectivity index is 1.35. The van der Waals surface area contributed by atoms with E-state index in [4.69, 9.17) is 4.74 Å². The van der Waals surface area contributed by atoms with E-state index in [0.717, 1.165) is 36.9 Å². The zero-order valence-electron chi connectivity index (χ0n) is 22.1. The normalized spacial score (nSPS) is 25.9. The second kappa shape index (κ2) is 11.9. The topological polar surface area (TPSA) is 99.1 Å². The van der Waals surface area contributed by atoms with E-state index in [0.29, 0.717) is 12.1 Å². The Labute approximate surface area is 221 Å². The zero-order valence-corrected chi connectivity index (χ0v) is 23.1. The molecule has 0 radical (unpaired) electrons. The highest BCUT2D eigenvalue weighted by Gasteiger charge is 2.50. The van der Waals surface area contributed by atoms with Gasteiger partial charge in [-0.1, -0.05) is 37.3 Å². The first-order valence-corrected chi connectivity index (χ1v) is 16.4. The highest BCUT2D eigenvalue weighted by molar-refractivity contribution is 6.71. The van der Waals surface area contributed by atoms with Crippen molar-refractivity contribution in [2.24, 2.45) is 5.92 Å². The van der Waals surface area contributed by atoms with Gasteiger partial charge in [0.05, 0.1) is 31.3 Å². The van der Waals surface area contributed by atoms with Crippen LogP contribution in [0.15, 0.2) is 54.6 Å². The third kappa shape index (κ3) is 6.68. The fourth-order valence-electron chi connectivity index (χ4n) is 6.11. The van der Waals surface area contributed by atoms with Gasteiger partial charge in [0.15, 0.2) is 8.32 Å². The van der Waals surface area contributed by atoms with Gasteiger partial charge in [-0.05, 0) is 74.5 Å². The van der Waals surface area contributed by atoms with Crippen LogP contribution in [-0.4, -0.2) is 66.3 Å². The number of carbonyl (C=O) groups excluding carboxylic acids is 2. The summed E-state index contributed by atoms with van der Waals surface area (Å²) in [6.07, 6.45) is 3.29. The minimum absolute atomic E-state index is 0.00527. The largest absolute Gasteiger partial charge is 0.432 e. The maximum absolute atomic E-state index is 13.1. The fourth-order valence-corrected chi connectivity index (χ4v) is 8.71. The van der Waals surface area contributed by atoms with Crippen LogP contribution in [0, 0.1) is 5.92 Å². The molecule has 2 aromatic carbocycles. The number of rotatable bonds is 9. The number of hydrogen-bond donors (Lipinski definition) is 3. The van der Waals surface area contributed by atoms with E-state index >= 15 is 0 Å². The molecule has 2 heterocycles. The van der Waals surface area contributed by atoms with Gasteiger partial charge in [-0.25, -0.2) is 0 Å². The van der Waals surface area contributed by atoms with Gasteiger partial charge in [0.2, 0.25) is 5.91 Å². The number of anilines is 1. The molecular weight excluding hydrogens is 484 g/mol. The minimum Gasteiger partial charge on any atom is -0.432 e. The number of nitrogens with zero attached hydrogens (tertiary/aromatic N) is 1. The zero-order chi connectivity index (χ0) is 26.6. The molecule has 0 bridgehead atoms. The standard InChI is InChI=1S/C29H40N2O5Si/c1-20-25(16-13-21-11-14-23(15-12-21)30-29(34)22-8-5-4-6-9-22)36-26(28(20)37(2,3)35)18-27(33)31-17-7-10-24(31)19-32/h4-6,8-9,11-12,14-15,20,24-26,28,32,35H,7,10,13,16-19H2,1-3H3,(H,30,34)/t20-,24-,25+,26-,28+/m0/s1. The van der Waals surface area contributed by atoms with Gasteiger partial charge in [-0.2, -0.15) is 0 Å². The molecule has 7 nitrogen and oxygen atoms in total. The molecule has 2 aliphatic heterocycles. The van der Waals surface area contributed by atoms with Crippen LogP contribution in [0.2, 0.25) is 18.6 Å². The van der Waals surface area contributed by atoms with E-state index in [9.17, 15) is 19.5 Å². The van der Waals surface area contributed by atoms with Gasteiger partial charge in [0.1, 0.15) is 0 Å². The molecule has 0 spiro atoms. The van der Waals surface area contributed by atoms with Crippen LogP contribution in [0.5, 0.6) is 0 Å². The van der Waals surface area contributed by atoms with Crippen molar-refractivity contribution >= 4 is 25.8 Å². The van der Waals surface area contributed by atoms with Gasteiger partial charge in [-0.3, -0.25) is 9.59 Å². The third-order valence-corrected chi connectivity index (χ3v) is 10.5. The van der Waals surface area contributed by atoms with E-state index in [-0.39, 0.29) is 54.6 Å². The lowest BCUT2D eigenvalue weighted by Crippen LogP contribution is -2.43. The number of amides is 2. The molecule has 0 aromatic heterocycles. The Morgan fingerprint density at radius 2 is 1.78 bits per heavy atom. The Kier molecular flexibility index (Phi) is 8.85. The smallest absolute Gasteiger partial charge is 0.255 e. The van der Waals surface area contributed by atoms with Crippen molar-refractivity contribution < 1.29 is 24.2 Å². The Hall–Kier alpha value is -2.52. The molecule has 4 rings (SSSR count). The lowest BCUT2D eigenvalue weighted by Gasteiger charge is -2.31. The van der Waals surface area contributed by atoms with Crippen LogP contribution in [0.3, 0.4) is 0 Å². The van der Waals surface area contributed by atoms with E-state index in [2.05, 4.69) is 12.2 Å². The molecule has 2 fully saturated rings. The van der Waals surface area contributed by atoms with Crippen molar-refractivity contribution in [2.75, 3.05) is 18.5 Å². The highest BCUT2D eigenvalue weighted by atomic mass is 28.4. The summed E-state index contributed by atoms with van der Waals surface area (Å²) in [5, 5.41) is 12.6. The van der Waals surface area contributed by atoms with Gasteiger partial charge >= 0.3 is 0 Å². The van der Waals surface area contributed by atoms with Crippen LogP contribution in [-0.2, 0) is 16.0 Å². The van der Waals surface area contributed by atoms with Crippen LogP contribution < -0.4 is 5.32 Å². The van der Waals surface area contributed by atoms with Gasteiger partial charge in [0, 0.05) is 23.3 Å². The fraction of sp³-hybridized carbons (Fsp3) is 0.517. The minimum atomic E-state index is -2.57. The lowest BCUT2D eigenvalue weighted by molar-refractivity contribution is -0.135. The second-order valence-corrected chi connectivity index (χ2v) is 15.1. The molecule has 0 aliphatic carbocycles. The predicted molar refractivity (Wildman–Crippen MR) is 147 cm³/mol.